The third-order valence-electron chi connectivity index (χ3n) is 6.22. The molecule has 1 saturated heterocycles. The van der Waals surface area contributed by atoms with Crippen LogP contribution in [0.15, 0.2) is 71.7 Å². The molecule has 1 N–H and O–H groups in total. The Kier molecular flexibility index (Phi) is 7.23. The summed E-state index contributed by atoms with van der Waals surface area (Å²) in [6, 6.07) is 19.0. The second-order valence-corrected chi connectivity index (χ2v) is 8.72. The van der Waals surface area contributed by atoms with Crippen LogP contribution in [0.25, 0.3) is 0 Å². The Hall–Kier alpha value is -3.71. The van der Waals surface area contributed by atoms with E-state index in [1.54, 1.807) is 27.8 Å². The van der Waals surface area contributed by atoms with Crippen LogP contribution in [0, 0.1) is 13.8 Å². The van der Waals surface area contributed by atoms with Crippen molar-refractivity contribution < 1.29 is 9.59 Å². The van der Waals surface area contributed by atoms with Crippen LogP contribution in [0.2, 0.25) is 0 Å². The van der Waals surface area contributed by atoms with Gasteiger partial charge in [0.1, 0.15) is 5.56 Å². The van der Waals surface area contributed by atoms with E-state index in [0.717, 1.165) is 22.4 Å². The second kappa shape index (κ2) is 10.5. The molecule has 1 aromatic heterocycles. The molecule has 7 heteroatoms. The Balaban J connectivity index is 1.34. The summed E-state index contributed by atoms with van der Waals surface area (Å²) in [7, 11) is 0. The quantitative estimate of drug-likeness (QED) is 0.616. The lowest BCUT2D eigenvalue weighted by atomic mass is 10.1. The molecule has 1 fully saturated rings. The number of benzene rings is 2. The van der Waals surface area contributed by atoms with Gasteiger partial charge in [0.05, 0.1) is 13.1 Å². The Bertz CT molecular complexity index is 1210. The summed E-state index contributed by atoms with van der Waals surface area (Å²) in [5.74, 6) is -0.323. The number of carbonyl (C=O) groups is 2. The zero-order valence-electron chi connectivity index (χ0n) is 19.7. The standard InChI is InChI=1S/C27H30N4O3/c1-20-8-6-9-21(2)25(20)28-24(32)19-29-14-16-30(17-15-29)26(33)23-12-7-13-31(27(23)34)18-22-10-4-3-5-11-22/h3-13H,14-19H2,1-2H3,(H,28,32). The van der Waals surface area contributed by atoms with Crippen LogP contribution in [0.4, 0.5) is 5.69 Å². The molecule has 0 aliphatic carbocycles. The summed E-state index contributed by atoms with van der Waals surface area (Å²) in [5.41, 5.74) is 3.82. The summed E-state index contributed by atoms with van der Waals surface area (Å²) in [4.78, 5) is 42.3. The Morgan fingerprint density at radius 1 is 0.853 bits per heavy atom. The third-order valence-corrected chi connectivity index (χ3v) is 6.22. The molecule has 0 saturated carbocycles. The third kappa shape index (κ3) is 5.43. The van der Waals surface area contributed by atoms with Crippen LogP contribution in [0.3, 0.4) is 0 Å². The van der Waals surface area contributed by atoms with Crippen molar-refractivity contribution >= 4 is 17.5 Å². The molecule has 2 amide bonds. The fourth-order valence-corrected chi connectivity index (χ4v) is 4.28. The highest BCUT2D eigenvalue weighted by molar-refractivity contribution is 5.94. The molecule has 7 nitrogen and oxygen atoms in total. The first kappa shape index (κ1) is 23.4. The van der Waals surface area contributed by atoms with E-state index in [2.05, 4.69) is 5.32 Å². The highest BCUT2D eigenvalue weighted by Crippen LogP contribution is 2.19. The molecule has 34 heavy (non-hydrogen) atoms. The number of hydrogen-bond acceptors (Lipinski definition) is 4. The second-order valence-electron chi connectivity index (χ2n) is 8.72. The van der Waals surface area contributed by atoms with Crippen molar-refractivity contribution in [3.05, 3.63) is 99.5 Å². The first-order valence-corrected chi connectivity index (χ1v) is 11.5. The fraction of sp³-hybridized carbons (Fsp3) is 0.296. The zero-order chi connectivity index (χ0) is 24.1. The van der Waals surface area contributed by atoms with E-state index in [9.17, 15) is 14.4 Å². The topological polar surface area (TPSA) is 74.7 Å². The van der Waals surface area contributed by atoms with E-state index in [-0.39, 0.29) is 29.5 Å². The predicted molar refractivity (Wildman–Crippen MR) is 133 cm³/mol. The van der Waals surface area contributed by atoms with Gasteiger partial charge in [0.15, 0.2) is 0 Å². The van der Waals surface area contributed by atoms with Crippen LogP contribution in [0.5, 0.6) is 0 Å². The van der Waals surface area contributed by atoms with Gasteiger partial charge in [0, 0.05) is 38.1 Å². The van der Waals surface area contributed by atoms with Gasteiger partial charge < -0.3 is 14.8 Å². The van der Waals surface area contributed by atoms with E-state index in [1.165, 1.54) is 0 Å². The minimum Gasteiger partial charge on any atom is -0.336 e. The lowest BCUT2D eigenvalue weighted by Gasteiger charge is -2.34. The van der Waals surface area contributed by atoms with Gasteiger partial charge in [-0.05, 0) is 42.7 Å². The Morgan fingerprint density at radius 2 is 1.53 bits per heavy atom. The molecule has 0 atom stereocenters. The molecule has 176 valence electrons. The molecule has 0 unspecified atom stereocenters. The van der Waals surface area contributed by atoms with Crippen molar-refractivity contribution in [2.24, 2.45) is 0 Å². The highest BCUT2D eigenvalue weighted by atomic mass is 16.2. The molecule has 2 heterocycles. The van der Waals surface area contributed by atoms with Gasteiger partial charge in [0.25, 0.3) is 11.5 Å². The van der Waals surface area contributed by atoms with Gasteiger partial charge in [-0.25, -0.2) is 0 Å². The summed E-state index contributed by atoms with van der Waals surface area (Å²) in [6.45, 7) is 6.75. The van der Waals surface area contributed by atoms with E-state index in [1.807, 2.05) is 67.3 Å². The maximum atomic E-state index is 13.1. The van der Waals surface area contributed by atoms with Crippen molar-refractivity contribution in [3.8, 4) is 0 Å². The van der Waals surface area contributed by atoms with Gasteiger partial charge in [-0.15, -0.1) is 0 Å². The van der Waals surface area contributed by atoms with Crippen molar-refractivity contribution in [2.75, 3.05) is 38.0 Å². The van der Waals surface area contributed by atoms with Crippen LogP contribution in [-0.2, 0) is 11.3 Å². The van der Waals surface area contributed by atoms with Crippen LogP contribution in [-0.4, -0.2) is 58.9 Å². The minimum atomic E-state index is -0.285. The largest absolute Gasteiger partial charge is 0.336 e. The lowest BCUT2D eigenvalue weighted by molar-refractivity contribution is -0.117. The SMILES string of the molecule is Cc1cccc(C)c1NC(=O)CN1CCN(C(=O)c2cccn(Cc3ccccc3)c2=O)CC1. The molecule has 1 aliphatic rings. The van der Waals surface area contributed by atoms with Gasteiger partial charge in [0.2, 0.25) is 5.91 Å². The van der Waals surface area contributed by atoms with Crippen molar-refractivity contribution in [1.29, 1.82) is 0 Å². The average molecular weight is 459 g/mol. The molecule has 2 aromatic carbocycles. The minimum absolute atomic E-state index is 0.0657. The highest BCUT2D eigenvalue weighted by Gasteiger charge is 2.25. The van der Waals surface area contributed by atoms with Crippen LogP contribution in [0.1, 0.15) is 27.0 Å². The number of carbonyl (C=O) groups excluding carboxylic acids is 2. The summed E-state index contributed by atoms with van der Waals surface area (Å²) >= 11 is 0. The molecule has 0 bridgehead atoms. The van der Waals surface area contributed by atoms with Crippen LogP contribution < -0.4 is 10.9 Å². The number of amides is 2. The normalized spacial score (nSPS) is 14.1. The molecule has 3 aromatic rings. The zero-order valence-corrected chi connectivity index (χ0v) is 19.7. The molecular formula is C27H30N4O3. The number of anilines is 1. The number of nitrogens with one attached hydrogen (secondary N) is 1. The molecule has 4 rings (SSSR count). The van der Waals surface area contributed by atoms with Crippen molar-refractivity contribution in [2.45, 2.75) is 20.4 Å². The smallest absolute Gasteiger partial charge is 0.263 e. The fourth-order valence-electron chi connectivity index (χ4n) is 4.28. The molecule has 1 aliphatic heterocycles. The van der Waals surface area contributed by atoms with E-state index < -0.39 is 0 Å². The number of pyridine rings is 1. The summed E-state index contributed by atoms with van der Waals surface area (Å²) in [5, 5.41) is 3.01. The number of para-hydroxylation sites is 1. The van der Waals surface area contributed by atoms with Crippen molar-refractivity contribution in [1.82, 2.24) is 14.4 Å². The van der Waals surface area contributed by atoms with Crippen molar-refractivity contribution in [3.63, 3.8) is 0 Å². The first-order valence-electron chi connectivity index (χ1n) is 11.5. The number of piperazine rings is 1. The average Bonchev–Trinajstić information content (AvgIpc) is 2.84. The maximum absolute atomic E-state index is 13.1. The predicted octanol–water partition coefficient (Wildman–Crippen LogP) is 2.91. The lowest BCUT2D eigenvalue weighted by Crippen LogP contribution is -2.51. The van der Waals surface area contributed by atoms with Crippen LogP contribution >= 0.6 is 0 Å². The summed E-state index contributed by atoms with van der Waals surface area (Å²) in [6.07, 6.45) is 1.71. The monoisotopic (exact) mass is 458 g/mol. The number of rotatable bonds is 6. The van der Waals surface area contributed by atoms with Gasteiger partial charge in [-0.3, -0.25) is 19.3 Å². The number of hydrogen-bond donors (Lipinski definition) is 1. The van der Waals surface area contributed by atoms with E-state index in [4.69, 9.17) is 0 Å². The molecule has 0 radical (unpaired) electrons. The number of aryl methyl sites for hydroxylation is 2. The van der Waals surface area contributed by atoms with Gasteiger partial charge >= 0.3 is 0 Å². The van der Waals surface area contributed by atoms with E-state index in [0.29, 0.717) is 32.7 Å². The molecular weight excluding hydrogens is 428 g/mol. The summed E-state index contributed by atoms with van der Waals surface area (Å²) < 4.78 is 1.57. The Labute approximate surface area is 199 Å². The first-order chi connectivity index (χ1) is 16.4. The van der Waals surface area contributed by atoms with Gasteiger partial charge in [-0.2, -0.15) is 0 Å². The number of aromatic nitrogens is 1. The number of nitrogens with zero attached hydrogens (tertiary/aromatic N) is 3. The van der Waals surface area contributed by atoms with Gasteiger partial charge in [-0.1, -0.05) is 48.5 Å². The molecule has 0 spiro atoms. The maximum Gasteiger partial charge on any atom is 0.263 e. The van der Waals surface area contributed by atoms with E-state index >= 15 is 0 Å². The Morgan fingerprint density at radius 3 is 2.21 bits per heavy atom.